The zero-order valence-corrected chi connectivity index (χ0v) is 22.9. The molecule has 0 aliphatic carbocycles. The molecular formula is C28H41N3O4S. The molecule has 0 radical (unpaired) electrons. The Morgan fingerprint density at radius 2 is 1.69 bits per heavy atom. The van der Waals surface area contributed by atoms with Crippen LogP contribution in [-0.2, 0) is 21.0 Å². The third kappa shape index (κ3) is 7.54. The maximum atomic E-state index is 11.9. The first-order valence-electron chi connectivity index (χ1n) is 13.0. The van der Waals surface area contributed by atoms with E-state index < -0.39 is 9.84 Å². The van der Waals surface area contributed by atoms with Crippen molar-refractivity contribution in [2.45, 2.75) is 50.5 Å². The highest BCUT2D eigenvalue weighted by molar-refractivity contribution is 7.90. The molecule has 0 saturated carbocycles. The van der Waals surface area contributed by atoms with Gasteiger partial charge in [0.05, 0.1) is 17.6 Å². The predicted octanol–water partition coefficient (Wildman–Crippen LogP) is 4.08. The summed E-state index contributed by atoms with van der Waals surface area (Å²) in [5.74, 6) is -0.0559. The lowest BCUT2D eigenvalue weighted by Crippen LogP contribution is -2.47. The Morgan fingerprint density at radius 1 is 1.03 bits per heavy atom. The number of rotatable bonds is 7. The number of ether oxygens (including phenoxy) is 1. The molecule has 2 aliphatic heterocycles. The van der Waals surface area contributed by atoms with Gasteiger partial charge in [-0.05, 0) is 60.4 Å². The number of piperazine rings is 1. The summed E-state index contributed by atoms with van der Waals surface area (Å²) in [4.78, 5) is 17.0. The molecule has 2 aliphatic rings. The number of nitrogens with one attached hydrogen (secondary N) is 1. The number of hydrogen-bond acceptors (Lipinski definition) is 6. The lowest BCUT2D eigenvalue weighted by atomic mass is 9.93. The van der Waals surface area contributed by atoms with Crippen LogP contribution in [0.2, 0.25) is 0 Å². The lowest BCUT2D eigenvalue weighted by Gasteiger charge is -2.37. The van der Waals surface area contributed by atoms with Crippen LogP contribution in [0.1, 0.15) is 60.7 Å². The molecule has 1 unspecified atom stereocenters. The zero-order chi connectivity index (χ0) is 26.1. The summed E-state index contributed by atoms with van der Waals surface area (Å²) < 4.78 is 29.4. The lowest BCUT2D eigenvalue weighted by molar-refractivity contribution is 0.0288. The van der Waals surface area contributed by atoms with Gasteiger partial charge in [0.2, 0.25) is 0 Å². The molecule has 8 heteroatoms. The first-order chi connectivity index (χ1) is 17.3. The first kappa shape index (κ1) is 28.2. The summed E-state index contributed by atoms with van der Waals surface area (Å²) in [5, 5.41) is 2.68. The van der Waals surface area contributed by atoms with E-state index in [0.29, 0.717) is 17.1 Å². The van der Waals surface area contributed by atoms with E-state index in [1.54, 1.807) is 19.2 Å². The minimum atomic E-state index is -3.17. The molecule has 1 N–H and O–H groups in total. The number of fused-ring (bicyclic) bond motifs is 1. The molecule has 0 bridgehead atoms. The standard InChI is InChI=1S/C24H31N3O4S.C4H10/c1-25-24(28)19-3-8-22-18(17-19)10-16-31-23(22)9-11-26-12-14-27(15-13-26)20-4-6-21(7-5-20)32(2,29)30;1-3-4-2/h3-8,17,23H,9-16H2,1-2H3,(H,25,28);3-4H2,1-2H3. The first-order valence-corrected chi connectivity index (χ1v) is 14.9. The van der Waals surface area contributed by atoms with Gasteiger partial charge < -0.3 is 15.0 Å². The molecule has 0 spiro atoms. The third-order valence-corrected chi connectivity index (χ3v) is 8.01. The van der Waals surface area contributed by atoms with Crippen LogP contribution in [0, 0.1) is 0 Å². The zero-order valence-electron chi connectivity index (χ0n) is 22.1. The van der Waals surface area contributed by atoms with Crippen LogP contribution in [0.4, 0.5) is 5.69 Å². The van der Waals surface area contributed by atoms with Crippen molar-refractivity contribution in [2.75, 3.05) is 57.5 Å². The Labute approximate surface area is 216 Å². The van der Waals surface area contributed by atoms with Crippen LogP contribution in [0.25, 0.3) is 0 Å². The SMILES string of the molecule is CCCC.CNC(=O)c1ccc2c(c1)CCOC2CCN1CCN(c2ccc(S(C)(=O)=O)cc2)CC1. The van der Waals surface area contributed by atoms with Crippen LogP contribution in [0.3, 0.4) is 0 Å². The second kappa shape index (κ2) is 13.2. The number of hydrogen-bond donors (Lipinski definition) is 1. The molecular weight excluding hydrogens is 474 g/mol. The van der Waals surface area contributed by atoms with Crippen molar-refractivity contribution >= 4 is 21.4 Å². The van der Waals surface area contributed by atoms with Gasteiger partial charge in [-0.1, -0.05) is 32.8 Å². The van der Waals surface area contributed by atoms with Gasteiger partial charge in [-0.25, -0.2) is 8.42 Å². The number of carbonyl (C=O) groups is 1. The Kier molecular flexibility index (Phi) is 10.3. The number of anilines is 1. The van der Waals surface area contributed by atoms with E-state index in [9.17, 15) is 13.2 Å². The van der Waals surface area contributed by atoms with Gasteiger partial charge in [0.15, 0.2) is 9.84 Å². The van der Waals surface area contributed by atoms with Gasteiger partial charge in [-0.2, -0.15) is 0 Å². The number of carbonyl (C=O) groups excluding carboxylic acids is 1. The molecule has 0 aromatic heterocycles. The fraction of sp³-hybridized carbons (Fsp3) is 0.536. The summed E-state index contributed by atoms with van der Waals surface area (Å²) in [7, 11) is -1.51. The molecule has 198 valence electrons. The highest BCUT2D eigenvalue weighted by Crippen LogP contribution is 2.31. The number of unbranched alkanes of at least 4 members (excludes halogenated alkanes) is 1. The van der Waals surface area contributed by atoms with E-state index in [4.69, 9.17) is 4.74 Å². The summed E-state index contributed by atoms with van der Waals surface area (Å²) in [6.07, 6.45) is 5.71. The highest BCUT2D eigenvalue weighted by Gasteiger charge is 2.24. The number of nitrogens with zero attached hydrogens (tertiary/aromatic N) is 2. The van der Waals surface area contributed by atoms with Crippen molar-refractivity contribution in [3.05, 3.63) is 59.2 Å². The largest absolute Gasteiger partial charge is 0.373 e. The smallest absolute Gasteiger partial charge is 0.251 e. The van der Waals surface area contributed by atoms with Gasteiger partial charge in [-0.15, -0.1) is 0 Å². The fourth-order valence-corrected chi connectivity index (χ4v) is 5.13. The van der Waals surface area contributed by atoms with E-state index >= 15 is 0 Å². The van der Waals surface area contributed by atoms with Crippen LogP contribution in [-0.4, -0.2) is 71.9 Å². The molecule has 1 atom stereocenters. The number of sulfone groups is 1. The van der Waals surface area contributed by atoms with Crippen LogP contribution in [0.5, 0.6) is 0 Å². The van der Waals surface area contributed by atoms with Crippen molar-refractivity contribution in [3.8, 4) is 0 Å². The predicted molar refractivity (Wildman–Crippen MR) is 146 cm³/mol. The van der Waals surface area contributed by atoms with Crippen LogP contribution < -0.4 is 10.2 Å². The topological polar surface area (TPSA) is 79.0 Å². The quantitative estimate of drug-likeness (QED) is 0.599. The molecule has 2 aromatic carbocycles. The molecule has 36 heavy (non-hydrogen) atoms. The minimum absolute atomic E-state index is 0.0559. The van der Waals surface area contributed by atoms with Crippen molar-refractivity contribution in [3.63, 3.8) is 0 Å². The molecule has 1 fully saturated rings. The number of amides is 1. The number of benzene rings is 2. The summed E-state index contributed by atoms with van der Waals surface area (Å²) >= 11 is 0. The average Bonchev–Trinajstić information content (AvgIpc) is 2.91. The molecule has 1 amide bonds. The summed E-state index contributed by atoms with van der Waals surface area (Å²) in [5.41, 5.74) is 4.18. The van der Waals surface area contributed by atoms with Gasteiger partial charge in [-0.3, -0.25) is 9.69 Å². The molecule has 2 heterocycles. The van der Waals surface area contributed by atoms with Crippen LogP contribution >= 0.6 is 0 Å². The maximum absolute atomic E-state index is 11.9. The van der Waals surface area contributed by atoms with Gasteiger partial charge in [0, 0.05) is 57.3 Å². The van der Waals surface area contributed by atoms with E-state index in [0.717, 1.165) is 51.3 Å². The van der Waals surface area contributed by atoms with Gasteiger partial charge >= 0.3 is 0 Å². The van der Waals surface area contributed by atoms with Crippen molar-refractivity contribution < 1.29 is 17.9 Å². The van der Waals surface area contributed by atoms with Crippen LogP contribution in [0.15, 0.2) is 47.4 Å². The van der Waals surface area contributed by atoms with E-state index in [1.807, 2.05) is 30.3 Å². The highest BCUT2D eigenvalue weighted by atomic mass is 32.2. The second-order valence-electron chi connectivity index (χ2n) is 9.49. The molecule has 4 rings (SSSR count). The molecule has 2 aromatic rings. The Balaban J connectivity index is 0.000000840. The van der Waals surface area contributed by atoms with Gasteiger partial charge in [0.1, 0.15) is 0 Å². The second-order valence-corrected chi connectivity index (χ2v) is 11.5. The van der Waals surface area contributed by atoms with E-state index in [2.05, 4.69) is 29.0 Å². The Morgan fingerprint density at radius 3 is 2.28 bits per heavy atom. The maximum Gasteiger partial charge on any atom is 0.251 e. The summed E-state index contributed by atoms with van der Waals surface area (Å²) in [6.45, 7) is 9.76. The van der Waals surface area contributed by atoms with Crippen molar-refractivity contribution in [1.29, 1.82) is 0 Å². The van der Waals surface area contributed by atoms with Crippen molar-refractivity contribution in [2.24, 2.45) is 0 Å². The third-order valence-electron chi connectivity index (χ3n) is 6.88. The van der Waals surface area contributed by atoms with E-state index in [1.165, 1.54) is 30.2 Å². The van der Waals surface area contributed by atoms with Crippen molar-refractivity contribution in [1.82, 2.24) is 10.2 Å². The Hall–Kier alpha value is -2.42. The average molecular weight is 516 g/mol. The van der Waals surface area contributed by atoms with Gasteiger partial charge in [0.25, 0.3) is 5.91 Å². The molecule has 1 saturated heterocycles. The molecule has 7 nitrogen and oxygen atoms in total. The fourth-order valence-electron chi connectivity index (χ4n) is 4.50. The minimum Gasteiger partial charge on any atom is -0.373 e. The summed E-state index contributed by atoms with van der Waals surface area (Å²) in [6, 6.07) is 13.1. The van der Waals surface area contributed by atoms with E-state index in [-0.39, 0.29) is 12.0 Å². The normalized spacial score (nSPS) is 18.1. The Bertz CT molecular complexity index is 1090. The monoisotopic (exact) mass is 515 g/mol.